The fourth-order valence-corrected chi connectivity index (χ4v) is 4.17. The van der Waals surface area contributed by atoms with Gasteiger partial charge in [0.05, 0.1) is 12.2 Å². The molecule has 0 saturated heterocycles. The van der Waals surface area contributed by atoms with Gasteiger partial charge in [-0.25, -0.2) is 4.79 Å². The van der Waals surface area contributed by atoms with Gasteiger partial charge < -0.3 is 20.1 Å². The summed E-state index contributed by atoms with van der Waals surface area (Å²) in [6.45, 7) is 6.25. The van der Waals surface area contributed by atoms with E-state index in [-0.39, 0.29) is 17.9 Å². The van der Waals surface area contributed by atoms with Gasteiger partial charge in [0.1, 0.15) is 5.78 Å². The van der Waals surface area contributed by atoms with Crippen molar-refractivity contribution >= 4 is 11.8 Å². The maximum atomic E-state index is 12.5. The molecule has 1 aliphatic carbocycles. The minimum Gasteiger partial charge on any atom is -0.477 e. The van der Waals surface area contributed by atoms with Gasteiger partial charge in [0, 0.05) is 11.8 Å². The van der Waals surface area contributed by atoms with E-state index in [1.54, 1.807) is 0 Å². The highest BCUT2D eigenvalue weighted by Crippen LogP contribution is 2.47. The van der Waals surface area contributed by atoms with Crippen LogP contribution in [0.15, 0.2) is 0 Å². The molecule has 0 heterocycles. The number of hydrogen-bond acceptors (Lipinski definition) is 5. The fraction of sp³-hybridized carbons (Fsp3) is 0.905. The molecule has 1 aliphatic rings. The molecule has 0 aromatic heterocycles. The molecule has 6 heteroatoms. The Bertz CT molecular complexity index is 475. The molecule has 0 spiro atoms. The lowest BCUT2D eigenvalue weighted by Gasteiger charge is -2.33. The predicted molar refractivity (Wildman–Crippen MR) is 103 cm³/mol. The van der Waals surface area contributed by atoms with Gasteiger partial charge in [0.25, 0.3) is 6.29 Å². The highest BCUT2D eigenvalue weighted by Gasteiger charge is 2.45. The van der Waals surface area contributed by atoms with E-state index in [9.17, 15) is 14.7 Å². The molecule has 1 rings (SSSR count). The van der Waals surface area contributed by atoms with E-state index in [2.05, 4.69) is 6.92 Å². The lowest BCUT2D eigenvalue weighted by molar-refractivity contribution is -0.176. The first kappa shape index (κ1) is 24.1. The van der Waals surface area contributed by atoms with E-state index in [0.29, 0.717) is 18.6 Å². The third-order valence-corrected chi connectivity index (χ3v) is 6.19. The van der Waals surface area contributed by atoms with Crippen LogP contribution in [0.3, 0.4) is 0 Å². The summed E-state index contributed by atoms with van der Waals surface area (Å²) in [7, 11) is 0. The molecule has 1 fully saturated rings. The number of carboxylic acid groups (broad SMARTS) is 1. The van der Waals surface area contributed by atoms with E-state index >= 15 is 0 Å². The second-order valence-electron chi connectivity index (χ2n) is 8.59. The molecule has 1 saturated carbocycles. The molecule has 27 heavy (non-hydrogen) atoms. The molecule has 0 aliphatic heterocycles. The van der Waals surface area contributed by atoms with Gasteiger partial charge in [-0.2, -0.15) is 0 Å². The van der Waals surface area contributed by atoms with Crippen molar-refractivity contribution < 1.29 is 29.6 Å². The van der Waals surface area contributed by atoms with Crippen molar-refractivity contribution in [2.75, 3.05) is 6.61 Å². The SMILES string of the molecule is CCCCCC(C)(O)CC[C@H]1CCC(=O)[C@]1(C)CCCCOC(O)C(=O)O. The van der Waals surface area contributed by atoms with Crippen molar-refractivity contribution in [2.24, 2.45) is 11.3 Å². The average Bonchev–Trinajstić information content (AvgIpc) is 2.87. The topological polar surface area (TPSA) is 104 Å². The van der Waals surface area contributed by atoms with Crippen LogP contribution in [0.25, 0.3) is 0 Å². The quantitative estimate of drug-likeness (QED) is 0.311. The Hall–Kier alpha value is -0.980. The molecule has 0 bridgehead atoms. The Balaban J connectivity index is 2.43. The van der Waals surface area contributed by atoms with Gasteiger partial charge in [0.2, 0.25) is 0 Å². The number of unbranched alkanes of at least 4 members (excludes halogenated alkanes) is 3. The second kappa shape index (κ2) is 11.1. The number of ether oxygens (including phenoxy) is 1. The zero-order valence-corrected chi connectivity index (χ0v) is 17.2. The standard InChI is InChI=1S/C21H38O6/c1-4-5-6-12-20(2,26)14-11-16-9-10-17(22)21(16,3)13-7-8-15-27-19(25)18(23)24/h16,19,25-26H,4-15H2,1-3H3,(H,23,24)/t16-,19?,20?,21-/m1/s1. The maximum Gasteiger partial charge on any atom is 0.360 e. The number of aliphatic carboxylic acids is 1. The van der Waals surface area contributed by atoms with E-state index in [4.69, 9.17) is 14.9 Å². The lowest BCUT2D eigenvalue weighted by Crippen LogP contribution is -2.32. The first-order valence-corrected chi connectivity index (χ1v) is 10.4. The van der Waals surface area contributed by atoms with Crippen LogP contribution in [-0.4, -0.2) is 45.6 Å². The number of aliphatic hydroxyl groups excluding tert-OH is 1. The number of Topliss-reactive ketones (excluding diaryl/α,β-unsaturated/α-hetero) is 1. The molecule has 0 aromatic carbocycles. The van der Waals surface area contributed by atoms with Gasteiger partial charge in [0.15, 0.2) is 0 Å². The summed E-state index contributed by atoms with van der Waals surface area (Å²) in [6, 6.07) is 0. The summed E-state index contributed by atoms with van der Waals surface area (Å²) < 4.78 is 4.83. The molecule has 0 amide bonds. The predicted octanol–water partition coefficient (Wildman–Crippen LogP) is 3.67. The molecular formula is C21H38O6. The minimum absolute atomic E-state index is 0.161. The Morgan fingerprint density at radius 3 is 2.63 bits per heavy atom. The average molecular weight is 387 g/mol. The van der Waals surface area contributed by atoms with Gasteiger partial charge in [-0.05, 0) is 51.4 Å². The number of rotatable bonds is 14. The molecule has 3 N–H and O–H groups in total. The maximum absolute atomic E-state index is 12.5. The van der Waals surface area contributed by atoms with Crippen LogP contribution in [-0.2, 0) is 14.3 Å². The smallest absolute Gasteiger partial charge is 0.360 e. The Morgan fingerprint density at radius 2 is 2.00 bits per heavy atom. The van der Waals surface area contributed by atoms with E-state index in [0.717, 1.165) is 57.8 Å². The van der Waals surface area contributed by atoms with Crippen LogP contribution in [0, 0.1) is 11.3 Å². The van der Waals surface area contributed by atoms with Crippen LogP contribution >= 0.6 is 0 Å². The molecule has 4 atom stereocenters. The third-order valence-electron chi connectivity index (χ3n) is 6.19. The van der Waals surface area contributed by atoms with Crippen LogP contribution in [0.5, 0.6) is 0 Å². The van der Waals surface area contributed by atoms with Crippen molar-refractivity contribution in [2.45, 2.75) is 103 Å². The monoisotopic (exact) mass is 386 g/mol. The molecule has 0 radical (unpaired) electrons. The van der Waals surface area contributed by atoms with Crippen molar-refractivity contribution in [3.8, 4) is 0 Å². The Kier molecular flexibility index (Phi) is 9.91. The molecular weight excluding hydrogens is 348 g/mol. The largest absolute Gasteiger partial charge is 0.477 e. The van der Waals surface area contributed by atoms with Gasteiger partial charge >= 0.3 is 5.97 Å². The van der Waals surface area contributed by atoms with Gasteiger partial charge in [-0.15, -0.1) is 0 Å². The van der Waals surface area contributed by atoms with E-state index in [1.165, 1.54) is 0 Å². The first-order chi connectivity index (χ1) is 12.6. The summed E-state index contributed by atoms with van der Waals surface area (Å²) in [5, 5.41) is 28.3. The van der Waals surface area contributed by atoms with Crippen LogP contribution < -0.4 is 0 Å². The van der Waals surface area contributed by atoms with Crippen LogP contribution in [0.1, 0.15) is 91.4 Å². The number of ketones is 1. The van der Waals surface area contributed by atoms with Crippen molar-refractivity contribution in [3.63, 3.8) is 0 Å². The van der Waals surface area contributed by atoms with Crippen molar-refractivity contribution in [3.05, 3.63) is 0 Å². The first-order valence-electron chi connectivity index (χ1n) is 10.4. The lowest BCUT2D eigenvalue weighted by atomic mass is 9.72. The number of carbonyl (C=O) groups excluding carboxylic acids is 1. The minimum atomic E-state index is -1.78. The number of carbonyl (C=O) groups is 2. The normalized spacial score (nSPS) is 26.1. The van der Waals surface area contributed by atoms with Gasteiger partial charge in [-0.1, -0.05) is 39.5 Å². The van der Waals surface area contributed by atoms with Crippen LogP contribution in [0.4, 0.5) is 0 Å². The molecule has 6 nitrogen and oxygen atoms in total. The van der Waals surface area contributed by atoms with E-state index in [1.807, 2.05) is 13.8 Å². The highest BCUT2D eigenvalue weighted by atomic mass is 16.6. The molecule has 158 valence electrons. The Morgan fingerprint density at radius 1 is 1.30 bits per heavy atom. The Labute approximate surface area is 163 Å². The second-order valence-corrected chi connectivity index (χ2v) is 8.59. The third kappa shape index (κ3) is 7.88. The highest BCUT2D eigenvalue weighted by molar-refractivity contribution is 5.86. The summed E-state index contributed by atoms with van der Waals surface area (Å²) in [5.74, 6) is -0.809. The molecule has 2 unspecified atom stereocenters. The number of aliphatic hydroxyl groups is 2. The number of carboxylic acids is 1. The zero-order chi connectivity index (χ0) is 20.5. The van der Waals surface area contributed by atoms with Crippen molar-refractivity contribution in [1.29, 1.82) is 0 Å². The summed E-state index contributed by atoms with van der Waals surface area (Å²) in [6.07, 6.45) is 7.49. The molecule has 0 aromatic rings. The summed E-state index contributed by atoms with van der Waals surface area (Å²) in [4.78, 5) is 23.0. The summed E-state index contributed by atoms with van der Waals surface area (Å²) in [5.41, 5.74) is -1.03. The van der Waals surface area contributed by atoms with Crippen LogP contribution in [0.2, 0.25) is 0 Å². The number of hydrogen-bond donors (Lipinski definition) is 3. The fourth-order valence-electron chi connectivity index (χ4n) is 4.17. The zero-order valence-electron chi connectivity index (χ0n) is 17.2. The van der Waals surface area contributed by atoms with E-state index < -0.39 is 17.9 Å². The van der Waals surface area contributed by atoms with Gasteiger partial charge in [-0.3, -0.25) is 4.79 Å². The van der Waals surface area contributed by atoms with Crippen molar-refractivity contribution in [1.82, 2.24) is 0 Å². The summed E-state index contributed by atoms with van der Waals surface area (Å²) >= 11 is 0.